The molecule has 1 aromatic carbocycles. The lowest BCUT2D eigenvalue weighted by atomic mass is 10.1. The van der Waals surface area contributed by atoms with Gasteiger partial charge in [-0.05, 0) is 24.1 Å². The van der Waals surface area contributed by atoms with Crippen molar-refractivity contribution in [3.63, 3.8) is 0 Å². The second-order valence-corrected chi connectivity index (χ2v) is 3.66. The normalized spacial score (nSPS) is 30.0. The van der Waals surface area contributed by atoms with E-state index in [2.05, 4.69) is 0 Å². The molecule has 0 unspecified atom stereocenters. The molecule has 1 saturated carbocycles. The van der Waals surface area contributed by atoms with Crippen LogP contribution in [0.1, 0.15) is 17.9 Å². The van der Waals surface area contributed by atoms with Crippen LogP contribution in [0.4, 0.5) is 4.39 Å². The molecule has 74 valence electrons. The number of benzene rings is 1. The summed E-state index contributed by atoms with van der Waals surface area (Å²) >= 11 is 0. The van der Waals surface area contributed by atoms with Gasteiger partial charge < -0.3 is 10.8 Å². The molecule has 0 bridgehead atoms. The van der Waals surface area contributed by atoms with Gasteiger partial charge in [-0.25, -0.2) is 4.39 Å². The number of aliphatic carboxylic acids is 1. The third-order valence-electron chi connectivity index (χ3n) is 2.65. The van der Waals surface area contributed by atoms with Crippen molar-refractivity contribution in [1.29, 1.82) is 0 Å². The minimum absolute atomic E-state index is 0.254. The van der Waals surface area contributed by atoms with Gasteiger partial charge >= 0.3 is 5.97 Å². The number of hydrogen-bond acceptors (Lipinski definition) is 2. The van der Waals surface area contributed by atoms with Gasteiger partial charge in [0.05, 0.1) is 0 Å². The van der Waals surface area contributed by atoms with E-state index in [1.54, 1.807) is 12.1 Å². The van der Waals surface area contributed by atoms with E-state index in [0.29, 0.717) is 12.0 Å². The number of carboxylic acids is 1. The van der Waals surface area contributed by atoms with Gasteiger partial charge in [-0.15, -0.1) is 0 Å². The molecule has 0 heterocycles. The first kappa shape index (κ1) is 9.15. The van der Waals surface area contributed by atoms with Crippen LogP contribution >= 0.6 is 0 Å². The predicted octanol–water partition coefficient (Wildman–Crippen LogP) is 1.10. The summed E-state index contributed by atoms with van der Waals surface area (Å²) in [5.74, 6) is -1.63. The predicted molar refractivity (Wildman–Crippen MR) is 48.3 cm³/mol. The van der Waals surface area contributed by atoms with Crippen LogP contribution in [0.5, 0.6) is 0 Å². The Morgan fingerprint density at radius 2 is 2.36 bits per heavy atom. The highest BCUT2D eigenvalue weighted by Crippen LogP contribution is 2.49. The van der Waals surface area contributed by atoms with Crippen LogP contribution in [-0.2, 0) is 4.79 Å². The van der Waals surface area contributed by atoms with Crippen LogP contribution in [0.3, 0.4) is 0 Å². The van der Waals surface area contributed by atoms with Gasteiger partial charge in [-0.1, -0.05) is 12.1 Å². The standard InChI is InChI=1S/C10H10FNO2/c11-7-3-1-2-6(4-7)8-5-10(8,12)9(13)14/h1-4,8H,5,12H2,(H,13,14)/t8-,10-/m1/s1. The summed E-state index contributed by atoms with van der Waals surface area (Å²) < 4.78 is 12.8. The van der Waals surface area contributed by atoms with Gasteiger partial charge in [0.1, 0.15) is 11.4 Å². The van der Waals surface area contributed by atoms with E-state index in [1.165, 1.54) is 12.1 Å². The molecule has 14 heavy (non-hydrogen) atoms. The lowest BCUT2D eigenvalue weighted by molar-refractivity contribution is -0.139. The second-order valence-electron chi connectivity index (χ2n) is 3.66. The van der Waals surface area contributed by atoms with Crippen LogP contribution in [0.15, 0.2) is 24.3 Å². The molecule has 2 rings (SSSR count). The average molecular weight is 195 g/mol. The summed E-state index contributed by atoms with van der Waals surface area (Å²) in [6, 6.07) is 5.92. The van der Waals surface area contributed by atoms with Gasteiger partial charge in [-0.3, -0.25) is 4.79 Å². The first-order valence-electron chi connectivity index (χ1n) is 4.32. The fraction of sp³-hybridized carbons (Fsp3) is 0.300. The molecule has 0 amide bonds. The monoisotopic (exact) mass is 195 g/mol. The summed E-state index contributed by atoms with van der Waals surface area (Å²) in [4.78, 5) is 10.7. The molecule has 0 spiro atoms. The fourth-order valence-corrected chi connectivity index (χ4v) is 1.65. The Balaban J connectivity index is 2.25. The zero-order chi connectivity index (χ0) is 10.3. The highest BCUT2D eigenvalue weighted by Gasteiger charge is 2.58. The number of hydrogen-bond donors (Lipinski definition) is 2. The van der Waals surface area contributed by atoms with Crippen molar-refractivity contribution in [1.82, 2.24) is 0 Å². The number of rotatable bonds is 2. The van der Waals surface area contributed by atoms with E-state index in [0.717, 1.165) is 0 Å². The quantitative estimate of drug-likeness (QED) is 0.742. The van der Waals surface area contributed by atoms with Crippen molar-refractivity contribution in [3.8, 4) is 0 Å². The number of nitrogens with two attached hydrogens (primary N) is 1. The van der Waals surface area contributed by atoms with Gasteiger partial charge in [0.2, 0.25) is 0 Å². The van der Waals surface area contributed by atoms with Crippen molar-refractivity contribution in [3.05, 3.63) is 35.6 Å². The van der Waals surface area contributed by atoms with Crippen LogP contribution in [0.2, 0.25) is 0 Å². The second kappa shape index (κ2) is 2.78. The Kier molecular flexibility index (Phi) is 1.82. The van der Waals surface area contributed by atoms with E-state index in [9.17, 15) is 9.18 Å². The van der Waals surface area contributed by atoms with Crippen LogP contribution in [0.25, 0.3) is 0 Å². The highest BCUT2D eigenvalue weighted by atomic mass is 19.1. The molecule has 4 heteroatoms. The first-order valence-corrected chi connectivity index (χ1v) is 4.32. The van der Waals surface area contributed by atoms with Gasteiger partial charge in [0.25, 0.3) is 0 Å². The van der Waals surface area contributed by atoms with E-state index >= 15 is 0 Å². The zero-order valence-electron chi connectivity index (χ0n) is 7.40. The van der Waals surface area contributed by atoms with Crippen molar-refractivity contribution >= 4 is 5.97 Å². The number of halogens is 1. The molecular weight excluding hydrogens is 185 g/mol. The molecule has 0 radical (unpaired) electrons. The third-order valence-corrected chi connectivity index (χ3v) is 2.65. The summed E-state index contributed by atoms with van der Waals surface area (Å²) in [6.07, 6.45) is 0.381. The summed E-state index contributed by atoms with van der Waals surface area (Å²) in [7, 11) is 0. The Labute approximate surface area is 80.3 Å². The first-order chi connectivity index (χ1) is 6.54. The Morgan fingerprint density at radius 3 is 2.86 bits per heavy atom. The van der Waals surface area contributed by atoms with Gasteiger partial charge in [0, 0.05) is 5.92 Å². The van der Waals surface area contributed by atoms with Crippen LogP contribution in [-0.4, -0.2) is 16.6 Å². The summed E-state index contributed by atoms with van der Waals surface area (Å²) in [5.41, 5.74) is 5.07. The molecule has 0 aliphatic heterocycles. The molecule has 3 N–H and O–H groups in total. The maximum Gasteiger partial charge on any atom is 0.324 e. The Hall–Kier alpha value is -1.42. The van der Waals surface area contributed by atoms with E-state index in [4.69, 9.17) is 10.8 Å². The molecule has 3 nitrogen and oxygen atoms in total. The van der Waals surface area contributed by atoms with Crippen LogP contribution in [0, 0.1) is 5.82 Å². The lowest BCUT2D eigenvalue weighted by Gasteiger charge is -2.04. The third kappa shape index (κ3) is 1.28. The van der Waals surface area contributed by atoms with Crippen molar-refractivity contribution < 1.29 is 14.3 Å². The minimum Gasteiger partial charge on any atom is -0.480 e. The van der Waals surface area contributed by atoms with Gasteiger partial charge in [-0.2, -0.15) is 0 Å². The molecular formula is C10H10FNO2. The Bertz CT molecular complexity index is 393. The van der Waals surface area contributed by atoms with Crippen molar-refractivity contribution in [2.45, 2.75) is 17.9 Å². The average Bonchev–Trinajstić information content (AvgIpc) is 2.80. The van der Waals surface area contributed by atoms with Crippen molar-refractivity contribution in [2.24, 2.45) is 5.73 Å². The van der Waals surface area contributed by atoms with Gasteiger partial charge in [0.15, 0.2) is 0 Å². The minimum atomic E-state index is -1.19. The topological polar surface area (TPSA) is 63.3 Å². The molecule has 2 atom stereocenters. The molecule has 1 fully saturated rings. The lowest BCUT2D eigenvalue weighted by Crippen LogP contribution is -2.34. The smallest absolute Gasteiger partial charge is 0.324 e. The highest BCUT2D eigenvalue weighted by molar-refractivity contribution is 5.84. The Morgan fingerprint density at radius 1 is 1.64 bits per heavy atom. The van der Waals surface area contributed by atoms with E-state index in [-0.39, 0.29) is 11.7 Å². The molecule has 0 aromatic heterocycles. The maximum absolute atomic E-state index is 12.8. The SMILES string of the molecule is N[C@]1(C(=O)O)C[C@@H]1c1cccc(F)c1. The largest absolute Gasteiger partial charge is 0.480 e. The number of carboxylic acid groups (broad SMARTS) is 1. The zero-order valence-corrected chi connectivity index (χ0v) is 7.40. The summed E-state index contributed by atoms with van der Waals surface area (Å²) in [6.45, 7) is 0. The number of carbonyl (C=O) groups is 1. The molecule has 1 aliphatic carbocycles. The van der Waals surface area contributed by atoms with Crippen molar-refractivity contribution in [2.75, 3.05) is 0 Å². The maximum atomic E-state index is 12.8. The van der Waals surface area contributed by atoms with Crippen LogP contribution < -0.4 is 5.73 Å². The van der Waals surface area contributed by atoms with E-state index < -0.39 is 11.5 Å². The molecule has 1 aromatic rings. The summed E-state index contributed by atoms with van der Waals surface area (Å²) in [5, 5.41) is 8.79. The fourth-order valence-electron chi connectivity index (χ4n) is 1.65. The molecule has 1 aliphatic rings. The van der Waals surface area contributed by atoms with E-state index in [1.807, 2.05) is 0 Å². The molecule has 0 saturated heterocycles.